The number of pyridine rings is 1. The van der Waals surface area contributed by atoms with Crippen molar-refractivity contribution in [1.82, 2.24) is 4.98 Å². The first-order valence-corrected chi connectivity index (χ1v) is 4.43. The molecule has 0 aliphatic heterocycles. The van der Waals surface area contributed by atoms with Gasteiger partial charge in [0.15, 0.2) is 0 Å². The van der Waals surface area contributed by atoms with E-state index in [0.717, 1.165) is 0 Å². The largest absolute Gasteiger partial charge is 0.261 e. The lowest BCUT2D eigenvalue weighted by molar-refractivity contribution is 0.334. The van der Waals surface area contributed by atoms with Gasteiger partial charge in [0.1, 0.15) is 0 Å². The van der Waals surface area contributed by atoms with Crippen LogP contribution in [0.25, 0.3) is 0 Å². The molecule has 0 aliphatic rings. The van der Waals surface area contributed by atoms with Crippen LogP contribution in [0.5, 0.6) is 0 Å². The molecule has 1 aromatic heterocycles. The summed E-state index contributed by atoms with van der Waals surface area (Å²) < 4.78 is 0. The number of rotatable bonds is 1. The Hall–Kier alpha value is -0.850. The fourth-order valence-electron chi connectivity index (χ4n) is 1.08. The highest BCUT2D eigenvalue weighted by atomic mass is 14.7. The van der Waals surface area contributed by atoms with Crippen LogP contribution in [0.2, 0.25) is 0 Å². The van der Waals surface area contributed by atoms with Crippen molar-refractivity contribution in [2.45, 2.75) is 33.6 Å². The average Bonchev–Trinajstić information content (AvgIpc) is 2.03. The molecule has 0 saturated heterocycles. The molecule has 0 bridgehead atoms. The maximum absolute atomic E-state index is 4.35. The van der Waals surface area contributed by atoms with Crippen LogP contribution in [0.3, 0.4) is 0 Å². The number of hydrogen-bond donors (Lipinski definition) is 0. The topological polar surface area (TPSA) is 12.9 Å². The molecule has 1 heterocycles. The molecule has 0 N–H and O–H groups in total. The Bertz CT molecular complexity index is 233. The minimum Gasteiger partial charge on any atom is -0.261 e. The zero-order valence-corrected chi connectivity index (χ0v) is 8.33. The van der Waals surface area contributed by atoms with Gasteiger partial charge in [-0.15, -0.1) is 0 Å². The first-order chi connectivity index (χ1) is 5.52. The summed E-state index contributed by atoms with van der Waals surface area (Å²) in [6.07, 6.45) is 1.86. The van der Waals surface area contributed by atoms with Crippen LogP contribution in [0.4, 0.5) is 0 Å². The van der Waals surface area contributed by atoms with E-state index in [9.17, 15) is 0 Å². The Morgan fingerprint density at radius 1 is 1.25 bits per heavy atom. The lowest BCUT2D eigenvalue weighted by Crippen LogP contribution is -2.16. The lowest BCUT2D eigenvalue weighted by Gasteiger charge is -2.26. The van der Waals surface area contributed by atoms with Gasteiger partial charge in [-0.05, 0) is 17.5 Å². The third kappa shape index (κ3) is 2.07. The van der Waals surface area contributed by atoms with Crippen LogP contribution in [0.1, 0.15) is 39.3 Å². The minimum atomic E-state index is 0.300. The molecular formula is C11H17N. The van der Waals surface area contributed by atoms with Crippen molar-refractivity contribution in [3.8, 4) is 0 Å². The molecule has 1 nitrogen and oxygen atoms in total. The van der Waals surface area contributed by atoms with Gasteiger partial charge in [0, 0.05) is 17.8 Å². The monoisotopic (exact) mass is 163 g/mol. The van der Waals surface area contributed by atoms with Gasteiger partial charge in [0.05, 0.1) is 0 Å². The van der Waals surface area contributed by atoms with Crippen molar-refractivity contribution < 1.29 is 0 Å². The highest BCUT2D eigenvalue weighted by Gasteiger charge is 2.21. The van der Waals surface area contributed by atoms with Crippen LogP contribution in [-0.4, -0.2) is 4.98 Å². The molecule has 1 atom stereocenters. The summed E-state index contributed by atoms with van der Waals surface area (Å²) in [7, 11) is 0. The Morgan fingerprint density at radius 2 is 1.92 bits per heavy atom. The zero-order chi connectivity index (χ0) is 9.19. The molecule has 1 rings (SSSR count). The smallest absolute Gasteiger partial charge is 0.0436 e. The van der Waals surface area contributed by atoms with Crippen molar-refractivity contribution in [3.63, 3.8) is 0 Å². The van der Waals surface area contributed by atoms with Crippen molar-refractivity contribution >= 4 is 0 Å². The second-order valence-corrected chi connectivity index (χ2v) is 4.34. The van der Waals surface area contributed by atoms with Gasteiger partial charge in [-0.1, -0.05) is 33.8 Å². The van der Waals surface area contributed by atoms with Crippen LogP contribution in [-0.2, 0) is 0 Å². The van der Waals surface area contributed by atoms with Gasteiger partial charge in [0.2, 0.25) is 0 Å². The molecule has 1 unspecified atom stereocenters. The fraction of sp³-hybridized carbons (Fsp3) is 0.545. The molecule has 0 spiro atoms. The van der Waals surface area contributed by atoms with E-state index >= 15 is 0 Å². The standard InChI is InChI=1S/C11H17N/c1-9(11(2,3)4)10-7-5-6-8-12-10/h5-9H,1-4H3. The second-order valence-electron chi connectivity index (χ2n) is 4.34. The number of aromatic nitrogens is 1. The molecule has 0 radical (unpaired) electrons. The molecular weight excluding hydrogens is 146 g/mol. The maximum atomic E-state index is 4.35. The fourth-order valence-corrected chi connectivity index (χ4v) is 1.08. The van der Waals surface area contributed by atoms with Crippen LogP contribution in [0, 0.1) is 5.41 Å². The van der Waals surface area contributed by atoms with E-state index in [2.05, 4.69) is 38.7 Å². The summed E-state index contributed by atoms with van der Waals surface area (Å²) in [5.41, 5.74) is 1.49. The summed E-state index contributed by atoms with van der Waals surface area (Å²) >= 11 is 0. The summed E-state index contributed by atoms with van der Waals surface area (Å²) in [4.78, 5) is 4.35. The SMILES string of the molecule is CC(c1ccccn1)C(C)(C)C. The summed E-state index contributed by atoms with van der Waals surface area (Å²) in [5, 5.41) is 0. The average molecular weight is 163 g/mol. The van der Waals surface area contributed by atoms with E-state index in [1.54, 1.807) is 0 Å². The van der Waals surface area contributed by atoms with Gasteiger partial charge in [-0.25, -0.2) is 0 Å². The zero-order valence-electron chi connectivity index (χ0n) is 8.33. The second kappa shape index (κ2) is 3.26. The molecule has 0 amide bonds. The van der Waals surface area contributed by atoms with Crippen molar-refractivity contribution in [2.75, 3.05) is 0 Å². The van der Waals surface area contributed by atoms with E-state index in [-0.39, 0.29) is 0 Å². The molecule has 0 aromatic carbocycles. The van der Waals surface area contributed by atoms with Gasteiger partial charge >= 0.3 is 0 Å². The van der Waals surface area contributed by atoms with Crippen LogP contribution in [0.15, 0.2) is 24.4 Å². The molecule has 66 valence electrons. The molecule has 0 fully saturated rings. The highest BCUT2D eigenvalue weighted by Crippen LogP contribution is 2.32. The van der Waals surface area contributed by atoms with Crippen LogP contribution < -0.4 is 0 Å². The Labute approximate surface area is 74.8 Å². The molecule has 1 aromatic rings. The summed E-state index contributed by atoms with van der Waals surface area (Å²) in [5.74, 6) is 0.513. The van der Waals surface area contributed by atoms with Gasteiger partial charge in [-0.2, -0.15) is 0 Å². The minimum absolute atomic E-state index is 0.300. The normalized spacial score (nSPS) is 14.3. The predicted octanol–water partition coefficient (Wildman–Crippen LogP) is 3.23. The van der Waals surface area contributed by atoms with Crippen molar-refractivity contribution in [1.29, 1.82) is 0 Å². The van der Waals surface area contributed by atoms with Gasteiger partial charge in [-0.3, -0.25) is 4.98 Å². The summed E-state index contributed by atoms with van der Waals surface area (Å²) in [6.45, 7) is 8.95. The van der Waals surface area contributed by atoms with E-state index in [0.29, 0.717) is 11.3 Å². The predicted molar refractivity (Wildman–Crippen MR) is 52.1 cm³/mol. The van der Waals surface area contributed by atoms with E-state index in [4.69, 9.17) is 0 Å². The molecule has 1 heteroatoms. The first kappa shape index (κ1) is 9.24. The van der Waals surface area contributed by atoms with E-state index < -0.39 is 0 Å². The first-order valence-electron chi connectivity index (χ1n) is 4.43. The number of hydrogen-bond acceptors (Lipinski definition) is 1. The Balaban J connectivity index is 2.86. The van der Waals surface area contributed by atoms with Gasteiger partial charge < -0.3 is 0 Å². The third-order valence-corrected chi connectivity index (χ3v) is 2.43. The van der Waals surface area contributed by atoms with E-state index in [1.807, 2.05) is 18.3 Å². The molecule has 0 saturated carbocycles. The quantitative estimate of drug-likeness (QED) is 0.619. The summed E-state index contributed by atoms with van der Waals surface area (Å²) in [6, 6.07) is 6.10. The molecule has 12 heavy (non-hydrogen) atoms. The van der Waals surface area contributed by atoms with Crippen LogP contribution >= 0.6 is 0 Å². The number of nitrogens with zero attached hydrogens (tertiary/aromatic N) is 1. The van der Waals surface area contributed by atoms with Crippen molar-refractivity contribution in [2.24, 2.45) is 5.41 Å². The Morgan fingerprint density at radius 3 is 2.33 bits per heavy atom. The highest BCUT2D eigenvalue weighted by molar-refractivity contribution is 5.10. The lowest BCUT2D eigenvalue weighted by atomic mass is 9.80. The Kier molecular flexibility index (Phi) is 2.51. The van der Waals surface area contributed by atoms with Gasteiger partial charge in [0.25, 0.3) is 0 Å². The molecule has 0 aliphatic carbocycles. The van der Waals surface area contributed by atoms with E-state index in [1.165, 1.54) is 5.69 Å². The van der Waals surface area contributed by atoms with Crippen molar-refractivity contribution in [3.05, 3.63) is 30.1 Å². The maximum Gasteiger partial charge on any atom is 0.0436 e. The third-order valence-electron chi connectivity index (χ3n) is 2.43.